The molecule has 0 aliphatic rings. The van der Waals surface area contributed by atoms with Crippen LogP contribution in [0.5, 0.6) is 5.75 Å². The van der Waals surface area contributed by atoms with Gasteiger partial charge in [0.05, 0.1) is 17.5 Å². The van der Waals surface area contributed by atoms with Crippen molar-refractivity contribution in [2.24, 2.45) is 0 Å². The molecule has 0 spiro atoms. The van der Waals surface area contributed by atoms with Gasteiger partial charge < -0.3 is 9.72 Å². The van der Waals surface area contributed by atoms with E-state index in [0.29, 0.717) is 21.1 Å². The lowest BCUT2D eigenvalue weighted by Crippen LogP contribution is -2.10. The molecule has 2 aromatic heterocycles. The predicted molar refractivity (Wildman–Crippen MR) is 96.4 cm³/mol. The van der Waals surface area contributed by atoms with Crippen LogP contribution in [0.15, 0.2) is 29.1 Å². The number of aryl methyl sites for hydroxylation is 2. The third kappa shape index (κ3) is 3.02. The average molecular weight is 347 g/mol. The Morgan fingerprint density at radius 1 is 1.30 bits per heavy atom. The highest BCUT2D eigenvalue weighted by Crippen LogP contribution is 2.28. The number of hydrogen-bond acceptors (Lipinski definition) is 4. The number of H-pyrrole nitrogens is 1. The number of halogens is 1. The Hall–Kier alpha value is -2.11. The maximum atomic E-state index is 12.3. The number of ether oxygens (including phenoxy) is 1. The molecule has 118 valence electrons. The van der Waals surface area contributed by atoms with Gasteiger partial charge in [-0.1, -0.05) is 23.7 Å². The quantitative estimate of drug-likeness (QED) is 0.767. The molecule has 3 rings (SSSR count). The van der Waals surface area contributed by atoms with Gasteiger partial charge in [0, 0.05) is 4.88 Å². The normalized spacial score (nSPS) is 11.9. The van der Waals surface area contributed by atoms with Gasteiger partial charge >= 0.3 is 0 Å². The smallest absolute Gasteiger partial charge is 0.260 e. The fourth-order valence-electron chi connectivity index (χ4n) is 2.28. The number of benzene rings is 1. The first kappa shape index (κ1) is 15.8. The summed E-state index contributed by atoms with van der Waals surface area (Å²) in [6.07, 6.45) is 1.76. The van der Waals surface area contributed by atoms with Gasteiger partial charge in [-0.2, -0.15) is 0 Å². The van der Waals surface area contributed by atoms with Gasteiger partial charge in [0.1, 0.15) is 10.6 Å². The molecule has 6 heteroatoms. The second-order valence-electron chi connectivity index (χ2n) is 5.14. The molecule has 0 radical (unpaired) electrons. The van der Waals surface area contributed by atoms with Crippen molar-refractivity contribution in [1.29, 1.82) is 0 Å². The first-order valence-corrected chi connectivity index (χ1v) is 8.20. The summed E-state index contributed by atoms with van der Waals surface area (Å²) in [6.45, 7) is 3.91. The molecular weight excluding hydrogens is 332 g/mol. The minimum Gasteiger partial charge on any atom is -0.497 e. The summed E-state index contributed by atoms with van der Waals surface area (Å²) in [7, 11) is 1.62. The predicted octanol–water partition coefficient (Wildman–Crippen LogP) is 4.35. The lowest BCUT2D eigenvalue weighted by molar-refractivity contribution is 0.415. The highest BCUT2D eigenvalue weighted by Gasteiger charge is 2.13. The molecule has 0 unspecified atom stereocenters. The third-order valence-corrected chi connectivity index (χ3v) is 5.06. The summed E-state index contributed by atoms with van der Waals surface area (Å²) in [5, 5.41) is 1.03. The zero-order valence-corrected chi connectivity index (χ0v) is 14.5. The second-order valence-corrected chi connectivity index (χ2v) is 6.75. The van der Waals surface area contributed by atoms with Crippen molar-refractivity contribution in [3.8, 4) is 5.75 Å². The molecule has 2 heterocycles. The summed E-state index contributed by atoms with van der Waals surface area (Å²) >= 11 is 7.84. The summed E-state index contributed by atoms with van der Waals surface area (Å²) < 4.78 is 5.12. The number of nitrogens with zero attached hydrogens (tertiary/aromatic N) is 1. The number of methoxy groups -OCH3 is 1. The topological polar surface area (TPSA) is 55.0 Å². The van der Waals surface area contributed by atoms with Gasteiger partial charge in [0.25, 0.3) is 5.56 Å². The van der Waals surface area contributed by atoms with E-state index in [0.717, 1.165) is 21.8 Å². The molecule has 1 N–H and O–H groups in total. The van der Waals surface area contributed by atoms with E-state index in [-0.39, 0.29) is 5.56 Å². The number of hydrogen-bond donors (Lipinski definition) is 1. The van der Waals surface area contributed by atoms with Crippen LogP contribution in [0, 0.1) is 13.8 Å². The number of thiophene rings is 1. The van der Waals surface area contributed by atoms with Gasteiger partial charge in [0.15, 0.2) is 5.82 Å². The Morgan fingerprint density at radius 3 is 2.65 bits per heavy atom. The minimum absolute atomic E-state index is 0.159. The van der Waals surface area contributed by atoms with E-state index in [1.54, 1.807) is 13.2 Å². The van der Waals surface area contributed by atoms with E-state index in [9.17, 15) is 4.79 Å². The van der Waals surface area contributed by atoms with Crippen LogP contribution in [-0.2, 0) is 0 Å². The van der Waals surface area contributed by atoms with Gasteiger partial charge in [-0.15, -0.1) is 11.3 Å². The van der Waals surface area contributed by atoms with Crippen molar-refractivity contribution in [2.45, 2.75) is 13.8 Å². The van der Waals surface area contributed by atoms with Gasteiger partial charge in [0.2, 0.25) is 0 Å². The SMILES string of the molecule is COc1ccc(/C=C(\Cl)c2nc3sc(C)c(C)c3c(=O)[nH]2)cc1. The van der Waals surface area contributed by atoms with E-state index in [1.165, 1.54) is 11.3 Å². The van der Waals surface area contributed by atoms with Gasteiger partial charge in [-0.05, 0) is 43.2 Å². The van der Waals surface area contributed by atoms with Crippen molar-refractivity contribution in [1.82, 2.24) is 9.97 Å². The van der Waals surface area contributed by atoms with Crippen LogP contribution in [0.25, 0.3) is 21.3 Å². The van der Waals surface area contributed by atoms with Crippen LogP contribution < -0.4 is 10.3 Å². The molecule has 0 saturated carbocycles. The van der Waals surface area contributed by atoms with Gasteiger partial charge in [-0.3, -0.25) is 4.79 Å². The Bertz CT molecular complexity index is 955. The van der Waals surface area contributed by atoms with E-state index in [1.807, 2.05) is 38.1 Å². The van der Waals surface area contributed by atoms with Crippen molar-refractivity contribution in [3.05, 3.63) is 56.4 Å². The van der Waals surface area contributed by atoms with Crippen molar-refractivity contribution in [3.63, 3.8) is 0 Å². The number of rotatable bonds is 3. The first-order valence-electron chi connectivity index (χ1n) is 7.01. The summed E-state index contributed by atoms with van der Waals surface area (Å²) in [6, 6.07) is 7.47. The maximum absolute atomic E-state index is 12.3. The molecule has 0 atom stereocenters. The molecule has 3 aromatic rings. The van der Waals surface area contributed by atoms with E-state index in [2.05, 4.69) is 9.97 Å². The summed E-state index contributed by atoms with van der Waals surface area (Å²) in [4.78, 5) is 21.3. The van der Waals surface area contributed by atoms with E-state index < -0.39 is 0 Å². The molecule has 0 amide bonds. The van der Waals surface area contributed by atoms with Gasteiger partial charge in [-0.25, -0.2) is 4.98 Å². The van der Waals surface area contributed by atoms with Crippen molar-refractivity contribution >= 4 is 44.3 Å². The number of fused-ring (bicyclic) bond motifs is 1. The first-order chi connectivity index (χ1) is 11.0. The molecule has 23 heavy (non-hydrogen) atoms. The standard InChI is InChI=1S/C17H15ClN2O2S/c1-9-10(2)23-17-14(9)16(21)19-15(20-17)13(18)8-11-4-6-12(22-3)7-5-11/h4-8H,1-3H3,(H,19,20,21)/b13-8-. The molecule has 0 bridgehead atoms. The molecule has 0 aliphatic carbocycles. The second kappa shape index (κ2) is 6.18. The van der Waals surface area contributed by atoms with Crippen molar-refractivity contribution < 1.29 is 4.74 Å². The maximum Gasteiger partial charge on any atom is 0.260 e. The molecule has 0 fully saturated rings. The van der Waals surface area contributed by atoms with Crippen LogP contribution in [0.4, 0.5) is 0 Å². The Labute approximate surface area is 142 Å². The molecule has 4 nitrogen and oxygen atoms in total. The lowest BCUT2D eigenvalue weighted by atomic mass is 10.2. The molecule has 0 saturated heterocycles. The largest absolute Gasteiger partial charge is 0.497 e. The molecule has 0 aliphatic heterocycles. The highest BCUT2D eigenvalue weighted by molar-refractivity contribution is 7.18. The third-order valence-electron chi connectivity index (χ3n) is 3.67. The van der Waals surface area contributed by atoms with Crippen LogP contribution in [0.2, 0.25) is 0 Å². The van der Waals surface area contributed by atoms with E-state index in [4.69, 9.17) is 16.3 Å². The monoisotopic (exact) mass is 346 g/mol. The van der Waals surface area contributed by atoms with Crippen LogP contribution in [-0.4, -0.2) is 17.1 Å². The number of nitrogens with one attached hydrogen (secondary N) is 1. The Balaban J connectivity index is 2.04. The summed E-state index contributed by atoms with van der Waals surface area (Å²) in [5.41, 5.74) is 1.71. The zero-order chi connectivity index (χ0) is 16.6. The van der Waals surface area contributed by atoms with Crippen LogP contribution >= 0.6 is 22.9 Å². The Kier molecular flexibility index (Phi) is 4.24. The highest BCUT2D eigenvalue weighted by atomic mass is 35.5. The fraction of sp³-hybridized carbons (Fsp3) is 0.176. The summed E-state index contributed by atoms with van der Waals surface area (Å²) in [5.74, 6) is 1.15. The minimum atomic E-state index is -0.159. The average Bonchev–Trinajstić information content (AvgIpc) is 2.83. The Morgan fingerprint density at radius 2 is 2.00 bits per heavy atom. The molecular formula is C17H15ClN2O2S. The van der Waals surface area contributed by atoms with Crippen LogP contribution in [0.1, 0.15) is 21.8 Å². The van der Waals surface area contributed by atoms with Crippen LogP contribution in [0.3, 0.4) is 0 Å². The lowest BCUT2D eigenvalue weighted by Gasteiger charge is -2.02. The molecule has 1 aromatic carbocycles. The number of aromatic nitrogens is 2. The number of aromatic amines is 1. The fourth-order valence-corrected chi connectivity index (χ4v) is 3.53. The van der Waals surface area contributed by atoms with Crippen molar-refractivity contribution in [2.75, 3.05) is 7.11 Å². The van der Waals surface area contributed by atoms with E-state index >= 15 is 0 Å². The zero-order valence-electron chi connectivity index (χ0n) is 12.9.